The topological polar surface area (TPSA) is 92.7 Å². The third-order valence-corrected chi connectivity index (χ3v) is 2.35. The second-order valence-electron chi connectivity index (χ2n) is 4.53. The summed E-state index contributed by atoms with van der Waals surface area (Å²) in [5.74, 6) is -1.59. The smallest absolute Gasteiger partial charge is 0.325 e. The average Bonchev–Trinajstić information content (AvgIpc) is 2.48. The van der Waals surface area contributed by atoms with Gasteiger partial charge in [0.2, 0.25) is 5.91 Å². The average molecular weight is 325 g/mol. The van der Waals surface area contributed by atoms with Crippen LogP contribution in [0, 0.1) is 6.92 Å². The van der Waals surface area contributed by atoms with Crippen molar-refractivity contribution in [1.29, 1.82) is 0 Å². The van der Waals surface area contributed by atoms with Crippen molar-refractivity contribution in [3.05, 3.63) is 35.4 Å². The van der Waals surface area contributed by atoms with Crippen LogP contribution in [0.5, 0.6) is 0 Å². The van der Waals surface area contributed by atoms with Gasteiger partial charge in [0.25, 0.3) is 0 Å². The number of hydrogen-bond donors (Lipinski definition) is 2. The Bertz CT molecular complexity index is 482. The number of benzene rings is 1. The van der Waals surface area contributed by atoms with E-state index in [9.17, 15) is 14.4 Å². The van der Waals surface area contributed by atoms with Crippen LogP contribution in [-0.4, -0.2) is 29.0 Å². The number of amides is 1. The molecule has 0 aliphatic heterocycles. The molecule has 1 amide bonds. The van der Waals surface area contributed by atoms with Crippen LogP contribution >= 0.6 is 0 Å². The van der Waals surface area contributed by atoms with Gasteiger partial charge in [-0.3, -0.25) is 14.4 Å². The molecule has 1 rings (SSSR count). The highest BCUT2D eigenvalue weighted by Crippen LogP contribution is 2.04. The maximum Gasteiger partial charge on any atom is 0.325 e. The summed E-state index contributed by atoms with van der Waals surface area (Å²) in [6.45, 7) is 10.5. The lowest BCUT2D eigenvalue weighted by molar-refractivity contribution is -0.142. The van der Waals surface area contributed by atoms with Gasteiger partial charge in [-0.1, -0.05) is 43.7 Å². The van der Waals surface area contributed by atoms with Gasteiger partial charge in [-0.2, -0.15) is 0 Å². The number of carbonyl (C=O) groups excluding carboxylic acids is 2. The van der Waals surface area contributed by atoms with Gasteiger partial charge in [-0.25, -0.2) is 0 Å². The van der Waals surface area contributed by atoms with Crippen LogP contribution in [0.3, 0.4) is 0 Å². The van der Waals surface area contributed by atoms with E-state index in [-0.39, 0.29) is 11.9 Å². The minimum Gasteiger partial charge on any atom is -0.480 e. The normalized spacial score (nSPS) is 10.0. The molecule has 0 fully saturated rings. The summed E-state index contributed by atoms with van der Waals surface area (Å²) in [5.41, 5.74) is 2.23. The van der Waals surface area contributed by atoms with Crippen LogP contribution in [-0.2, 0) is 25.7 Å². The zero-order valence-electron chi connectivity index (χ0n) is 14.7. The summed E-state index contributed by atoms with van der Waals surface area (Å²) >= 11 is 0. The zero-order valence-corrected chi connectivity index (χ0v) is 14.7. The Hall–Kier alpha value is -2.37. The molecule has 1 aromatic rings. The van der Waals surface area contributed by atoms with E-state index in [2.05, 4.69) is 5.32 Å². The first-order chi connectivity index (χ1) is 10.7. The van der Waals surface area contributed by atoms with Gasteiger partial charge in [0.15, 0.2) is 0 Å². The minimum atomic E-state index is -1.02. The fraction of sp³-hybridized carbons (Fsp3) is 0.471. The third kappa shape index (κ3) is 14.3. The van der Waals surface area contributed by atoms with Crippen LogP contribution in [0.15, 0.2) is 24.3 Å². The molecule has 2 N–H and O–H groups in total. The third-order valence-electron chi connectivity index (χ3n) is 2.35. The Morgan fingerprint density at radius 2 is 1.61 bits per heavy atom. The number of hydrogen-bond acceptors (Lipinski definition) is 4. The monoisotopic (exact) mass is 325 g/mol. The fourth-order valence-electron chi connectivity index (χ4n) is 1.24. The van der Waals surface area contributed by atoms with Crippen molar-refractivity contribution in [2.75, 3.05) is 0 Å². The summed E-state index contributed by atoms with van der Waals surface area (Å²) in [5, 5.41) is 10.4. The lowest BCUT2D eigenvalue weighted by Gasteiger charge is -2.04. The van der Waals surface area contributed by atoms with E-state index in [1.165, 1.54) is 26.3 Å². The number of carbonyl (C=O) groups is 3. The highest BCUT2D eigenvalue weighted by atomic mass is 16.5. The van der Waals surface area contributed by atoms with Crippen molar-refractivity contribution in [3.8, 4) is 0 Å². The molecule has 0 aromatic heterocycles. The predicted octanol–water partition coefficient (Wildman–Crippen LogP) is 2.68. The van der Waals surface area contributed by atoms with Crippen molar-refractivity contribution in [3.63, 3.8) is 0 Å². The molecule has 130 valence electrons. The van der Waals surface area contributed by atoms with E-state index in [1.54, 1.807) is 0 Å². The number of rotatable bonds is 4. The van der Waals surface area contributed by atoms with Gasteiger partial charge >= 0.3 is 11.9 Å². The van der Waals surface area contributed by atoms with Crippen molar-refractivity contribution >= 4 is 17.8 Å². The van der Waals surface area contributed by atoms with Crippen LogP contribution in [0.1, 0.15) is 45.7 Å². The summed E-state index contributed by atoms with van der Waals surface area (Å²) in [7, 11) is 0. The summed E-state index contributed by atoms with van der Waals surface area (Å²) in [4.78, 5) is 30.7. The maximum absolute atomic E-state index is 10.5. The van der Waals surface area contributed by atoms with Crippen LogP contribution in [0.2, 0.25) is 0 Å². The SMILES string of the molecule is CC.CC(=O)N[C@@H](C)C(=O)O.CC(=O)OCc1ccc(C)cc1. The molecule has 0 saturated carbocycles. The van der Waals surface area contributed by atoms with E-state index in [0.29, 0.717) is 6.61 Å². The van der Waals surface area contributed by atoms with Crippen LogP contribution < -0.4 is 5.32 Å². The van der Waals surface area contributed by atoms with Gasteiger partial charge in [-0.15, -0.1) is 0 Å². The van der Waals surface area contributed by atoms with E-state index >= 15 is 0 Å². The number of carboxylic acid groups (broad SMARTS) is 1. The summed E-state index contributed by atoms with van der Waals surface area (Å²) in [6.07, 6.45) is 0. The van der Waals surface area contributed by atoms with Gasteiger partial charge in [0, 0.05) is 13.8 Å². The second kappa shape index (κ2) is 13.3. The van der Waals surface area contributed by atoms with Gasteiger partial charge in [-0.05, 0) is 19.4 Å². The number of carboxylic acids is 1. The van der Waals surface area contributed by atoms with Crippen molar-refractivity contribution < 1.29 is 24.2 Å². The highest BCUT2D eigenvalue weighted by molar-refractivity contribution is 5.81. The van der Waals surface area contributed by atoms with Crippen molar-refractivity contribution in [2.45, 2.75) is 54.2 Å². The molecule has 6 nitrogen and oxygen atoms in total. The molecule has 23 heavy (non-hydrogen) atoms. The Labute approximate surface area is 137 Å². The molecule has 0 radical (unpaired) electrons. The molecule has 0 heterocycles. The van der Waals surface area contributed by atoms with E-state index in [1.807, 2.05) is 45.0 Å². The van der Waals surface area contributed by atoms with Gasteiger partial charge in [0.05, 0.1) is 0 Å². The highest BCUT2D eigenvalue weighted by Gasteiger charge is 2.09. The lowest BCUT2D eigenvalue weighted by Crippen LogP contribution is -2.36. The Balaban J connectivity index is 0. The molecule has 6 heteroatoms. The van der Waals surface area contributed by atoms with Gasteiger partial charge in [0.1, 0.15) is 12.6 Å². The standard InChI is InChI=1S/C10H12O2.C5H9NO3.C2H6/c1-8-3-5-10(6-4-8)7-12-9(2)11;1-3(5(8)9)6-4(2)7;1-2/h3-6H,7H2,1-2H3;3H,1-2H3,(H,6,7)(H,8,9);1-2H3/t;3-;/m.0./s1. The number of nitrogens with one attached hydrogen (secondary N) is 1. The molecular formula is C17H27NO5. The first-order valence-electron chi connectivity index (χ1n) is 7.41. The largest absolute Gasteiger partial charge is 0.480 e. The Morgan fingerprint density at radius 3 is 1.91 bits per heavy atom. The van der Waals surface area contributed by atoms with E-state index < -0.39 is 12.0 Å². The molecular weight excluding hydrogens is 298 g/mol. The fourth-order valence-corrected chi connectivity index (χ4v) is 1.24. The lowest BCUT2D eigenvalue weighted by atomic mass is 10.2. The predicted molar refractivity (Wildman–Crippen MR) is 88.9 cm³/mol. The number of aliphatic carboxylic acids is 1. The van der Waals surface area contributed by atoms with Crippen LogP contribution in [0.25, 0.3) is 0 Å². The Morgan fingerprint density at radius 1 is 1.13 bits per heavy atom. The van der Waals surface area contributed by atoms with E-state index in [0.717, 1.165) is 5.56 Å². The molecule has 0 unspecified atom stereocenters. The molecule has 0 bridgehead atoms. The Kier molecular flexibility index (Phi) is 13.2. The first kappa shape index (κ1) is 22.9. The minimum absolute atomic E-state index is 0.240. The first-order valence-corrected chi connectivity index (χ1v) is 7.41. The summed E-state index contributed by atoms with van der Waals surface area (Å²) in [6, 6.07) is 7.12. The second-order valence-corrected chi connectivity index (χ2v) is 4.53. The number of ether oxygens (including phenoxy) is 1. The summed E-state index contributed by atoms with van der Waals surface area (Å²) < 4.78 is 4.83. The molecule has 0 spiro atoms. The van der Waals surface area contributed by atoms with Crippen LogP contribution in [0.4, 0.5) is 0 Å². The van der Waals surface area contributed by atoms with Gasteiger partial charge < -0.3 is 15.2 Å². The quantitative estimate of drug-likeness (QED) is 0.830. The van der Waals surface area contributed by atoms with Crippen molar-refractivity contribution in [2.24, 2.45) is 0 Å². The number of esters is 1. The molecule has 1 aromatic carbocycles. The maximum atomic E-state index is 10.5. The zero-order chi connectivity index (χ0) is 18.4. The molecule has 0 aliphatic rings. The van der Waals surface area contributed by atoms with Crippen molar-refractivity contribution in [1.82, 2.24) is 5.32 Å². The molecule has 0 saturated heterocycles. The number of aryl methyl sites for hydroxylation is 1. The molecule has 1 atom stereocenters. The molecule has 0 aliphatic carbocycles. The van der Waals surface area contributed by atoms with E-state index in [4.69, 9.17) is 9.84 Å².